The minimum Gasteiger partial charge on any atom is -0.370 e. The molecule has 0 bridgehead atoms. The van der Waals surface area contributed by atoms with Crippen molar-refractivity contribution in [3.8, 4) is 0 Å². The molecule has 2 heteroatoms. The molecule has 0 radical (unpaired) electrons. The predicted molar refractivity (Wildman–Crippen MR) is 65.4 cm³/mol. The van der Waals surface area contributed by atoms with Gasteiger partial charge in [-0.05, 0) is 26.2 Å². The third-order valence-corrected chi connectivity index (χ3v) is 2.02. The summed E-state index contributed by atoms with van der Waals surface area (Å²) < 4.78 is 0. The van der Waals surface area contributed by atoms with E-state index in [1.807, 2.05) is 19.1 Å². The predicted octanol–water partition coefficient (Wildman–Crippen LogP) is 3.11. The van der Waals surface area contributed by atoms with Crippen LogP contribution in [0.4, 0.5) is 0 Å². The minimum absolute atomic E-state index is 0.212. The molecule has 0 rings (SSSR count). The summed E-state index contributed by atoms with van der Waals surface area (Å²) in [6.07, 6.45) is 8.40. The summed E-state index contributed by atoms with van der Waals surface area (Å²) >= 11 is 0. The van der Waals surface area contributed by atoms with Crippen molar-refractivity contribution in [3.05, 3.63) is 36.5 Å². The maximum absolute atomic E-state index is 10.5. The smallest absolute Gasteiger partial charge is 0.217 e. The van der Waals surface area contributed by atoms with Gasteiger partial charge < -0.3 is 5.73 Å². The van der Waals surface area contributed by atoms with E-state index in [2.05, 4.69) is 13.2 Å². The second-order valence-corrected chi connectivity index (χ2v) is 3.86. The highest BCUT2D eigenvalue weighted by atomic mass is 16.1. The van der Waals surface area contributed by atoms with Crippen LogP contribution in [-0.2, 0) is 4.79 Å². The van der Waals surface area contributed by atoms with Crippen LogP contribution >= 0.6 is 0 Å². The number of nitrogens with two attached hydrogens (primary N) is 1. The molecule has 0 aromatic carbocycles. The molecule has 0 heterocycles. The van der Waals surface area contributed by atoms with Crippen LogP contribution in [0.15, 0.2) is 36.5 Å². The Labute approximate surface area is 92.6 Å². The van der Waals surface area contributed by atoms with Gasteiger partial charge in [0.1, 0.15) is 0 Å². The van der Waals surface area contributed by atoms with Crippen molar-refractivity contribution in [2.45, 2.75) is 39.0 Å². The van der Waals surface area contributed by atoms with Crippen molar-refractivity contribution in [1.82, 2.24) is 0 Å². The third-order valence-electron chi connectivity index (χ3n) is 2.02. The SMILES string of the molecule is C=C(C)/C=C\C(=C)CCCCCC(N)=O. The first-order valence-electron chi connectivity index (χ1n) is 5.32. The van der Waals surface area contributed by atoms with Gasteiger partial charge in [0.05, 0.1) is 0 Å². The second-order valence-electron chi connectivity index (χ2n) is 3.86. The van der Waals surface area contributed by atoms with E-state index < -0.39 is 0 Å². The zero-order valence-corrected chi connectivity index (χ0v) is 9.59. The number of allylic oxidation sites excluding steroid dienone is 4. The molecule has 1 amide bonds. The van der Waals surface area contributed by atoms with Gasteiger partial charge in [-0.25, -0.2) is 0 Å². The van der Waals surface area contributed by atoms with E-state index in [4.69, 9.17) is 5.73 Å². The Morgan fingerprint density at radius 1 is 1.13 bits per heavy atom. The Kier molecular flexibility index (Phi) is 7.33. The lowest BCUT2D eigenvalue weighted by Crippen LogP contribution is -2.09. The molecule has 0 saturated carbocycles. The number of unbranched alkanes of at least 4 members (excludes halogenated alkanes) is 2. The first-order chi connectivity index (χ1) is 7.02. The monoisotopic (exact) mass is 207 g/mol. The molecule has 0 unspecified atom stereocenters. The fourth-order valence-corrected chi connectivity index (χ4v) is 1.17. The number of carbonyl (C=O) groups is 1. The minimum atomic E-state index is -0.212. The Morgan fingerprint density at radius 3 is 2.27 bits per heavy atom. The van der Waals surface area contributed by atoms with Crippen LogP contribution in [0.5, 0.6) is 0 Å². The summed E-state index contributed by atoms with van der Waals surface area (Å²) in [6, 6.07) is 0. The first-order valence-corrected chi connectivity index (χ1v) is 5.32. The zero-order valence-electron chi connectivity index (χ0n) is 9.59. The summed E-state index contributed by atoms with van der Waals surface area (Å²) in [6.45, 7) is 9.67. The molecular weight excluding hydrogens is 186 g/mol. The lowest BCUT2D eigenvalue weighted by molar-refractivity contribution is -0.118. The summed E-state index contributed by atoms with van der Waals surface area (Å²) in [5.74, 6) is -0.212. The largest absolute Gasteiger partial charge is 0.370 e. The van der Waals surface area contributed by atoms with Gasteiger partial charge in [-0.1, -0.05) is 42.9 Å². The van der Waals surface area contributed by atoms with Gasteiger partial charge >= 0.3 is 0 Å². The van der Waals surface area contributed by atoms with E-state index in [9.17, 15) is 4.79 Å². The van der Waals surface area contributed by atoms with E-state index in [1.54, 1.807) is 0 Å². The Morgan fingerprint density at radius 2 is 1.73 bits per heavy atom. The van der Waals surface area contributed by atoms with Gasteiger partial charge in [0, 0.05) is 6.42 Å². The number of primary amides is 1. The molecule has 0 saturated heterocycles. The third kappa shape index (κ3) is 10.6. The Balaban J connectivity index is 3.47. The summed E-state index contributed by atoms with van der Waals surface area (Å²) in [7, 11) is 0. The Bertz CT molecular complexity index is 264. The van der Waals surface area contributed by atoms with E-state index in [1.165, 1.54) is 0 Å². The van der Waals surface area contributed by atoms with Gasteiger partial charge in [0.2, 0.25) is 5.91 Å². The molecule has 2 N–H and O–H groups in total. The van der Waals surface area contributed by atoms with Gasteiger partial charge in [-0.15, -0.1) is 0 Å². The molecule has 0 aromatic rings. The highest BCUT2D eigenvalue weighted by Gasteiger charge is 1.95. The molecule has 0 atom stereocenters. The van der Waals surface area contributed by atoms with Crippen LogP contribution in [0.3, 0.4) is 0 Å². The second kappa shape index (κ2) is 8.04. The van der Waals surface area contributed by atoms with Gasteiger partial charge in [-0.3, -0.25) is 4.79 Å². The van der Waals surface area contributed by atoms with E-state index in [0.717, 1.165) is 36.8 Å². The van der Waals surface area contributed by atoms with E-state index >= 15 is 0 Å². The summed E-state index contributed by atoms with van der Waals surface area (Å²) in [4.78, 5) is 10.5. The Hall–Kier alpha value is -1.31. The van der Waals surface area contributed by atoms with Crippen molar-refractivity contribution in [1.29, 1.82) is 0 Å². The van der Waals surface area contributed by atoms with Crippen molar-refractivity contribution < 1.29 is 4.79 Å². The summed E-state index contributed by atoms with van der Waals surface area (Å²) in [5, 5.41) is 0. The average molecular weight is 207 g/mol. The number of carbonyl (C=O) groups excluding carboxylic acids is 1. The molecule has 84 valence electrons. The topological polar surface area (TPSA) is 43.1 Å². The molecule has 0 aliphatic heterocycles. The standard InChI is InChI=1S/C13H21NO/c1-11(2)9-10-12(3)7-5-4-6-8-13(14)15/h9-10H,1,3-8H2,2H3,(H2,14,15)/b10-9-. The van der Waals surface area contributed by atoms with Crippen molar-refractivity contribution in [3.63, 3.8) is 0 Å². The van der Waals surface area contributed by atoms with E-state index in [-0.39, 0.29) is 5.91 Å². The number of hydrogen-bond acceptors (Lipinski definition) is 1. The van der Waals surface area contributed by atoms with Crippen LogP contribution in [0.1, 0.15) is 39.0 Å². The molecule has 0 aliphatic carbocycles. The highest BCUT2D eigenvalue weighted by Crippen LogP contribution is 2.10. The van der Waals surface area contributed by atoms with E-state index in [0.29, 0.717) is 6.42 Å². The molecule has 0 fully saturated rings. The van der Waals surface area contributed by atoms with Crippen molar-refractivity contribution in [2.24, 2.45) is 5.73 Å². The summed E-state index contributed by atoms with van der Waals surface area (Å²) in [5.41, 5.74) is 7.18. The van der Waals surface area contributed by atoms with Crippen LogP contribution < -0.4 is 5.73 Å². The van der Waals surface area contributed by atoms with Crippen molar-refractivity contribution in [2.75, 3.05) is 0 Å². The quantitative estimate of drug-likeness (QED) is 0.482. The van der Waals surface area contributed by atoms with Gasteiger partial charge in [0.15, 0.2) is 0 Å². The number of hydrogen-bond donors (Lipinski definition) is 1. The van der Waals surface area contributed by atoms with Crippen LogP contribution in [-0.4, -0.2) is 5.91 Å². The average Bonchev–Trinajstić information content (AvgIpc) is 2.13. The maximum atomic E-state index is 10.5. The zero-order chi connectivity index (χ0) is 11.7. The van der Waals surface area contributed by atoms with Crippen LogP contribution in [0, 0.1) is 0 Å². The van der Waals surface area contributed by atoms with Crippen LogP contribution in [0.2, 0.25) is 0 Å². The van der Waals surface area contributed by atoms with Gasteiger partial charge in [-0.2, -0.15) is 0 Å². The lowest BCUT2D eigenvalue weighted by Gasteiger charge is -2.00. The molecule has 0 aliphatic rings. The number of rotatable bonds is 8. The molecular formula is C13H21NO. The van der Waals surface area contributed by atoms with Crippen LogP contribution in [0.25, 0.3) is 0 Å². The highest BCUT2D eigenvalue weighted by molar-refractivity contribution is 5.73. The first kappa shape index (κ1) is 13.7. The number of amides is 1. The molecule has 15 heavy (non-hydrogen) atoms. The fraction of sp³-hybridized carbons (Fsp3) is 0.462. The molecule has 2 nitrogen and oxygen atoms in total. The normalized spacial score (nSPS) is 10.5. The molecule has 0 spiro atoms. The molecule has 0 aromatic heterocycles. The fourth-order valence-electron chi connectivity index (χ4n) is 1.17. The lowest BCUT2D eigenvalue weighted by atomic mass is 10.1. The van der Waals surface area contributed by atoms with Gasteiger partial charge in [0.25, 0.3) is 0 Å². The maximum Gasteiger partial charge on any atom is 0.217 e. The van der Waals surface area contributed by atoms with Crippen molar-refractivity contribution >= 4 is 5.91 Å².